The topological polar surface area (TPSA) is 87.6 Å². The SMILES string of the molecule is CCOc1cc([N+](=O)[O-])c(OCC)cc1CN. The summed E-state index contributed by atoms with van der Waals surface area (Å²) in [5.74, 6) is 0.659. The van der Waals surface area contributed by atoms with Crippen LogP contribution in [0.25, 0.3) is 0 Å². The lowest BCUT2D eigenvalue weighted by atomic mass is 10.1. The summed E-state index contributed by atoms with van der Waals surface area (Å²) in [6.07, 6.45) is 0. The van der Waals surface area contributed by atoms with Gasteiger partial charge >= 0.3 is 5.69 Å². The molecule has 1 aromatic carbocycles. The molecule has 0 radical (unpaired) electrons. The van der Waals surface area contributed by atoms with Crippen molar-refractivity contribution >= 4 is 5.69 Å². The van der Waals surface area contributed by atoms with Gasteiger partial charge in [-0.3, -0.25) is 10.1 Å². The van der Waals surface area contributed by atoms with E-state index in [0.717, 1.165) is 0 Å². The molecule has 0 spiro atoms. The predicted molar refractivity (Wildman–Crippen MR) is 63.3 cm³/mol. The minimum Gasteiger partial charge on any atom is -0.493 e. The van der Waals surface area contributed by atoms with Gasteiger partial charge in [0.05, 0.1) is 24.2 Å². The number of hydrogen-bond donors (Lipinski definition) is 1. The molecule has 0 aliphatic heterocycles. The fraction of sp³-hybridized carbons (Fsp3) is 0.455. The Labute approximate surface area is 99.5 Å². The lowest BCUT2D eigenvalue weighted by molar-refractivity contribution is -0.385. The number of hydrogen-bond acceptors (Lipinski definition) is 5. The Balaban J connectivity index is 3.26. The lowest BCUT2D eigenvalue weighted by Crippen LogP contribution is -2.05. The third kappa shape index (κ3) is 3.07. The highest BCUT2D eigenvalue weighted by molar-refractivity contribution is 5.55. The fourth-order valence-corrected chi connectivity index (χ4v) is 1.45. The average Bonchev–Trinajstić information content (AvgIpc) is 2.30. The van der Waals surface area contributed by atoms with E-state index in [-0.39, 0.29) is 18.0 Å². The van der Waals surface area contributed by atoms with E-state index in [1.807, 2.05) is 6.92 Å². The molecule has 0 aliphatic carbocycles. The van der Waals surface area contributed by atoms with Gasteiger partial charge in [0.1, 0.15) is 5.75 Å². The van der Waals surface area contributed by atoms with Gasteiger partial charge in [-0.25, -0.2) is 0 Å². The summed E-state index contributed by atoms with van der Waals surface area (Å²) in [5, 5.41) is 10.9. The van der Waals surface area contributed by atoms with Crippen LogP contribution in [0.2, 0.25) is 0 Å². The zero-order valence-corrected chi connectivity index (χ0v) is 9.93. The van der Waals surface area contributed by atoms with Crippen LogP contribution in [0.4, 0.5) is 5.69 Å². The summed E-state index contributed by atoms with van der Waals surface area (Å²) >= 11 is 0. The van der Waals surface area contributed by atoms with Crippen molar-refractivity contribution in [2.75, 3.05) is 13.2 Å². The van der Waals surface area contributed by atoms with Crippen LogP contribution in [0, 0.1) is 10.1 Å². The first kappa shape index (κ1) is 13.2. The van der Waals surface area contributed by atoms with E-state index in [9.17, 15) is 10.1 Å². The van der Waals surface area contributed by atoms with E-state index in [1.54, 1.807) is 13.0 Å². The van der Waals surface area contributed by atoms with Crippen LogP contribution in [-0.2, 0) is 6.54 Å². The van der Waals surface area contributed by atoms with Crippen molar-refractivity contribution in [1.29, 1.82) is 0 Å². The molecule has 0 bridgehead atoms. The Morgan fingerprint density at radius 2 is 1.82 bits per heavy atom. The number of benzene rings is 1. The van der Waals surface area contributed by atoms with Crippen LogP contribution >= 0.6 is 0 Å². The third-order valence-electron chi connectivity index (χ3n) is 2.16. The second kappa shape index (κ2) is 6.05. The highest BCUT2D eigenvalue weighted by Crippen LogP contribution is 2.34. The summed E-state index contributed by atoms with van der Waals surface area (Å²) in [5.41, 5.74) is 6.16. The van der Waals surface area contributed by atoms with Crippen LogP contribution in [0.3, 0.4) is 0 Å². The van der Waals surface area contributed by atoms with Crippen LogP contribution < -0.4 is 15.2 Å². The lowest BCUT2D eigenvalue weighted by Gasteiger charge is -2.11. The molecule has 6 heteroatoms. The number of ether oxygens (including phenoxy) is 2. The molecule has 0 aliphatic rings. The van der Waals surface area contributed by atoms with Gasteiger partial charge < -0.3 is 15.2 Å². The highest BCUT2D eigenvalue weighted by Gasteiger charge is 2.19. The summed E-state index contributed by atoms with van der Waals surface area (Å²) in [6, 6.07) is 2.92. The first-order valence-corrected chi connectivity index (χ1v) is 5.41. The molecule has 1 aromatic rings. The summed E-state index contributed by atoms with van der Waals surface area (Å²) in [6.45, 7) is 4.61. The van der Waals surface area contributed by atoms with E-state index in [4.69, 9.17) is 15.2 Å². The molecule has 0 aromatic heterocycles. The number of nitrogens with two attached hydrogens (primary N) is 1. The Kier molecular flexibility index (Phi) is 4.71. The smallest absolute Gasteiger partial charge is 0.314 e. The van der Waals surface area contributed by atoms with Gasteiger partial charge in [0, 0.05) is 12.1 Å². The van der Waals surface area contributed by atoms with Crippen molar-refractivity contribution in [3.63, 3.8) is 0 Å². The highest BCUT2D eigenvalue weighted by atomic mass is 16.6. The van der Waals surface area contributed by atoms with Crippen molar-refractivity contribution in [3.05, 3.63) is 27.8 Å². The molecule has 17 heavy (non-hydrogen) atoms. The molecule has 2 N–H and O–H groups in total. The van der Waals surface area contributed by atoms with E-state index < -0.39 is 4.92 Å². The Bertz CT molecular complexity index is 407. The molecule has 94 valence electrons. The molecule has 6 nitrogen and oxygen atoms in total. The minimum absolute atomic E-state index is 0.104. The van der Waals surface area contributed by atoms with Crippen LogP contribution in [0.15, 0.2) is 12.1 Å². The van der Waals surface area contributed by atoms with Crippen LogP contribution in [0.5, 0.6) is 11.5 Å². The quantitative estimate of drug-likeness (QED) is 0.605. The molecule has 0 unspecified atom stereocenters. The molecule has 0 fully saturated rings. The molecule has 0 saturated heterocycles. The van der Waals surface area contributed by atoms with Gasteiger partial charge in [0.2, 0.25) is 0 Å². The third-order valence-corrected chi connectivity index (χ3v) is 2.16. The van der Waals surface area contributed by atoms with Crippen LogP contribution in [-0.4, -0.2) is 18.1 Å². The van der Waals surface area contributed by atoms with Gasteiger partial charge in [-0.2, -0.15) is 0 Å². The normalized spacial score (nSPS) is 10.1. The molecular weight excluding hydrogens is 224 g/mol. The summed E-state index contributed by atoms with van der Waals surface area (Å²) in [7, 11) is 0. The van der Waals surface area contributed by atoms with Crippen LogP contribution in [0.1, 0.15) is 19.4 Å². The van der Waals surface area contributed by atoms with Gasteiger partial charge in [-0.15, -0.1) is 0 Å². The largest absolute Gasteiger partial charge is 0.493 e. The minimum atomic E-state index is -0.492. The fourth-order valence-electron chi connectivity index (χ4n) is 1.45. The molecule has 0 saturated carbocycles. The molecule has 0 amide bonds. The zero-order chi connectivity index (χ0) is 12.8. The summed E-state index contributed by atoms with van der Waals surface area (Å²) < 4.78 is 10.5. The Morgan fingerprint density at radius 3 is 2.29 bits per heavy atom. The van der Waals surface area contributed by atoms with E-state index in [2.05, 4.69) is 0 Å². The van der Waals surface area contributed by atoms with Crippen molar-refractivity contribution in [3.8, 4) is 11.5 Å². The summed E-state index contributed by atoms with van der Waals surface area (Å²) in [4.78, 5) is 10.4. The number of nitro groups is 1. The zero-order valence-electron chi connectivity index (χ0n) is 9.93. The Hall–Kier alpha value is -1.82. The monoisotopic (exact) mass is 240 g/mol. The van der Waals surface area contributed by atoms with Gasteiger partial charge in [0.15, 0.2) is 5.75 Å². The van der Waals surface area contributed by atoms with Crippen molar-refractivity contribution < 1.29 is 14.4 Å². The van der Waals surface area contributed by atoms with Crippen molar-refractivity contribution in [2.45, 2.75) is 20.4 Å². The number of nitro benzene ring substituents is 1. The van der Waals surface area contributed by atoms with Gasteiger partial charge in [0.25, 0.3) is 0 Å². The van der Waals surface area contributed by atoms with Gasteiger partial charge in [-0.05, 0) is 19.9 Å². The molecule has 1 rings (SSSR count). The first-order valence-electron chi connectivity index (χ1n) is 5.41. The van der Waals surface area contributed by atoms with E-state index >= 15 is 0 Å². The first-order chi connectivity index (χ1) is 8.13. The number of rotatable bonds is 6. The van der Waals surface area contributed by atoms with Crippen molar-refractivity contribution in [1.82, 2.24) is 0 Å². The second-order valence-corrected chi connectivity index (χ2v) is 3.25. The van der Waals surface area contributed by atoms with E-state index in [1.165, 1.54) is 6.07 Å². The maximum absolute atomic E-state index is 10.9. The average molecular weight is 240 g/mol. The molecule has 0 heterocycles. The second-order valence-electron chi connectivity index (χ2n) is 3.25. The maximum atomic E-state index is 10.9. The number of nitrogens with zero attached hydrogens (tertiary/aromatic N) is 1. The molecular formula is C11H16N2O4. The standard InChI is InChI=1S/C11H16N2O4/c1-3-16-10-6-9(13(14)15)11(17-4-2)5-8(10)7-12/h5-6H,3-4,7,12H2,1-2H3. The van der Waals surface area contributed by atoms with Crippen molar-refractivity contribution in [2.24, 2.45) is 5.73 Å². The molecule has 0 atom stereocenters. The maximum Gasteiger partial charge on any atom is 0.314 e. The Morgan fingerprint density at radius 1 is 1.24 bits per heavy atom. The van der Waals surface area contributed by atoms with E-state index in [0.29, 0.717) is 24.5 Å². The predicted octanol–water partition coefficient (Wildman–Crippen LogP) is 1.85. The van der Waals surface area contributed by atoms with Gasteiger partial charge in [-0.1, -0.05) is 0 Å².